The third kappa shape index (κ3) is 5.16. The first-order chi connectivity index (χ1) is 15.5. The number of hydrogen-bond acceptors (Lipinski definition) is 3. The van der Waals surface area contributed by atoms with Gasteiger partial charge in [-0.1, -0.05) is 42.5 Å². The largest absolute Gasteiger partial charge is 0.368 e. The van der Waals surface area contributed by atoms with Crippen LogP contribution in [0.5, 0.6) is 0 Å². The van der Waals surface area contributed by atoms with Crippen molar-refractivity contribution in [3.05, 3.63) is 76.4 Å². The van der Waals surface area contributed by atoms with E-state index in [1.165, 1.54) is 10.2 Å². The predicted octanol–water partition coefficient (Wildman–Crippen LogP) is 5.94. The number of hydrogen-bond donors (Lipinski definition) is 0. The van der Waals surface area contributed by atoms with Crippen molar-refractivity contribution in [1.29, 1.82) is 0 Å². The Morgan fingerprint density at radius 2 is 1.62 bits per heavy atom. The quantitative estimate of drug-likeness (QED) is 0.287. The minimum absolute atomic E-state index is 0.263. The highest BCUT2D eigenvalue weighted by Gasteiger charge is 2.19. The average Bonchev–Trinajstić information content (AvgIpc) is 3.12. The van der Waals surface area contributed by atoms with E-state index in [0.717, 1.165) is 68.1 Å². The lowest BCUT2D eigenvalue weighted by Crippen LogP contribution is -2.46. The van der Waals surface area contributed by atoms with Gasteiger partial charge >= 0.3 is 0 Å². The molecule has 0 amide bonds. The second kappa shape index (κ2) is 10.5. The number of carbonyl (C=O) groups is 1. The minimum Gasteiger partial charge on any atom is -0.368 e. The topological polar surface area (TPSA) is 28.5 Å². The van der Waals surface area contributed by atoms with Crippen LogP contribution in [0.15, 0.2) is 65.1 Å². The van der Waals surface area contributed by atoms with Crippen LogP contribution in [0.2, 0.25) is 0 Å². The Labute approximate surface area is 200 Å². The molecule has 2 heterocycles. The Morgan fingerprint density at radius 1 is 0.938 bits per heavy atom. The van der Waals surface area contributed by atoms with Gasteiger partial charge in [-0.15, -0.1) is 0 Å². The maximum atomic E-state index is 12.9. The van der Waals surface area contributed by atoms with Gasteiger partial charge in [0.25, 0.3) is 0 Å². The van der Waals surface area contributed by atoms with Crippen LogP contribution in [0.1, 0.15) is 35.3 Å². The lowest BCUT2D eigenvalue weighted by Gasteiger charge is -2.36. The molecule has 0 saturated carbocycles. The molecule has 1 aliphatic rings. The summed E-state index contributed by atoms with van der Waals surface area (Å²) in [5, 5.41) is 0. The summed E-state index contributed by atoms with van der Waals surface area (Å²) in [5.41, 5.74) is 5.46. The monoisotopic (exact) mass is 493 g/mol. The molecular formula is C27H32BrN3O. The Kier molecular flexibility index (Phi) is 7.48. The number of rotatable bonds is 8. The molecule has 0 radical (unpaired) electrons. The standard InChI is InChI=1S/C27H32BrN3O/c1-21-23(20-26(29(21)2)22-10-4-3-5-11-22)27(32)14-8-9-15-30-16-18-31(19-17-30)25-13-7-6-12-24(25)28/h3-7,10-13,20H,8-9,14-19H2,1-2H3. The SMILES string of the molecule is Cc1c(C(=O)CCCCN2CCN(c3ccccc3Br)CC2)cc(-c2ccccc2)n1C. The molecule has 1 aliphatic heterocycles. The Balaban J connectivity index is 1.24. The van der Waals surface area contributed by atoms with Crippen molar-refractivity contribution >= 4 is 27.4 Å². The Bertz CT molecular complexity index is 1050. The number of halogens is 1. The zero-order chi connectivity index (χ0) is 22.5. The van der Waals surface area contributed by atoms with E-state index in [1.54, 1.807) is 0 Å². The smallest absolute Gasteiger partial charge is 0.164 e. The fourth-order valence-corrected chi connectivity index (χ4v) is 5.08. The summed E-state index contributed by atoms with van der Waals surface area (Å²) in [5.74, 6) is 0.263. The van der Waals surface area contributed by atoms with Gasteiger partial charge in [0.2, 0.25) is 0 Å². The van der Waals surface area contributed by atoms with Crippen LogP contribution < -0.4 is 4.90 Å². The third-order valence-corrected chi connectivity index (χ3v) is 7.27. The average molecular weight is 494 g/mol. The first-order valence-electron chi connectivity index (χ1n) is 11.5. The van der Waals surface area contributed by atoms with Gasteiger partial charge in [-0.25, -0.2) is 0 Å². The Morgan fingerprint density at radius 3 is 2.34 bits per heavy atom. The van der Waals surface area contributed by atoms with Crippen molar-refractivity contribution in [3.63, 3.8) is 0 Å². The molecule has 168 valence electrons. The van der Waals surface area contributed by atoms with Crippen molar-refractivity contribution in [2.45, 2.75) is 26.2 Å². The van der Waals surface area contributed by atoms with E-state index in [9.17, 15) is 4.79 Å². The number of nitrogens with zero attached hydrogens (tertiary/aromatic N) is 3. The van der Waals surface area contributed by atoms with Crippen LogP contribution in [0.3, 0.4) is 0 Å². The number of unbranched alkanes of at least 4 members (excludes halogenated alkanes) is 1. The van der Waals surface area contributed by atoms with Gasteiger partial charge in [-0.2, -0.15) is 0 Å². The molecule has 0 bridgehead atoms. The normalized spacial score (nSPS) is 14.7. The lowest BCUT2D eigenvalue weighted by molar-refractivity contribution is 0.0977. The number of Topliss-reactive ketones (excluding diaryl/α,β-unsaturated/α-hetero) is 1. The van der Waals surface area contributed by atoms with Crippen molar-refractivity contribution in [3.8, 4) is 11.3 Å². The van der Waals surface area contributed by atoms with Gasteiger partial charge in [0.15, 0.2) is 5.78 Å². The highest BCUT2D eigenvalue weighted by molar-refractivity contribution is 9.10. The predicted molar refractivity (Wildman–Crippen MR) is 137 cm³/mol. The molecule has 5 heteroatoms. The number of ketones is 1. The summed E-state index contributed by atoms with van der Waals surface area (Å²) in [4.78, 5) is 17.9. The molecule has 1 saturated heterocycles. The number of anilines is 1. The summed E-state index contributed by atoms with van der Waals surface area (Å²) in [6.07, 6.45) is 2.63. The van der Waals surface area contributed by atoms with Crippen molar-refractivity contribution in [2.75, 3.05) is 37.6 Å². The fraction of sp³-hybridized carbons (Fsp3) is 0.370. The highest BCUT2D eigenvalue weighted by Crippen LogP contribution is 2.27. The number of piperazine rings is 1. The lowest BCUT2D eigenvalue weighted by atomic mass is 10.0. The zero-order valence-corrected chi connectivity index (χ0v) is 20.6. The van der Waals surface area contributed by atoms with Crippen molar-refractivity contribution in [1.82, 2.24) is 9.47 Å². The number of para-hydroxylation sites is 1. The van der Waals surface area contributed by atoms with Gasteiger partial charge in [-0.3, -0.25) is 9.69 Å². The van der Waals surface area contributed by atoms with Crippen LogP contribution >= 0.6 is 15.9 Å². The van der Waals surface area contributed by atoms with E-state index in [-0.39, 0.29) is 5.78 Å². The van der Waals surface area contributed by atoms with E-state index >= 15 is 0 Å². The molecule has 2 aromatic carbocycles. The van der Waals surface area contributed by atoms with E-state index < -0.39 is 0 Å². The second-order valence-corrected chi connectivity index (χ2v) is 9.47. The minimum atomic E-state index is 0.263. The summed E-state index contributed by atoms with van der Waals surface area (Å²) in [6.45, 7) is 7.37. The van der Waals surface area contributed by atoms with E-state index in [1.807, 2.05) is 32.2 Å². The van der Waals surface area contributed by atoms with Crippen LogP contribution in [0.25, 0.3) is 11.3 Å². The maximum Gasteiger partial charge on any atom is 0.164 e. The number of carbonyl (C=O) groups excluding carboxylic acids is 1. The number of aromatic nitrogens is 1. The molecule has 3 aromatic rings. The van der Waals surface area contributed by atoms with Crippen LogP contribution in [-0.4, -0.2) is 48.0 Å². The molecule has 0 spiro atoms. The summed E-state index contributed by atoms with van der Waals surface area (Å²) < 4.78 is 3.30. The summed E-state index contributed by atoms with van der Waals surface area (Å²) >= 11 is 3.67. The fourth-order valence-electron chi connectivity index (χ4n) is 4.54. The molecular weight excluding hydrogens is 462 g/mol. The molecule has 1 aromatic heterocycles. The van der Waals surface area contributed by atoms with Crippen LogP contribution in [-0.2, 0) is 7.05 Å². The molecule has 4 rings (SSSR count). The Hall–Kier alpha value is -2.37. The highest BCUT2D eigenvalue weighted by atomic mass is 79.9. The molecule has 0 atom stereocenters. The van der Waals surface area contributed by atoms with Gasteiger partial charge in [0.1, 0.15) is 0 Å². The van der Waals surface area contributed by atoms with E-state index in [0.29, 0.717) is 6.42 Å². The van der Waals surface area contributed by atoms with Crippen LogP contribution in [0, 0.1) is 6.92 Å². The van der Waals surface area contributed by atoms with Crippen LogP contribution in [0.4, 0.5) is 5.69 Å². The van der Waals surface area contributed by atoms with Gasteiger partial charge < -0.3 is 9.47 Å². The molecule has 32 heavy (non-hydrogen) atoms. The summed E-state index contributed by atoms with van der Waals surface area (Å²) in [7, 11) is 2.04. The molecule has 1 fully saturated rings. The first-order valence-corrected chi connectivity index (χ1v) is 12.3. The van der Waals surface area contributed by atoms with E-state index in [2.05, 4.69) is 72.8 Å². The van der Waals surface area contributed by atoms with Gasteiger partial charge in [0.05, 0.1) is 5.69 Å². The van der Waals surface area contributed by atoms with Crippen molar-refractivity contribution < 1.29 is 4.79 Å². The van der Waals surface area contributed by atoms with Gasteiger partial charge in [0, 0.05) is 61.1 Å². The van der Waals surface area contributed by atoms with Crippen molar-refractivity contribution in [2.24, 2.45) is 7.05 Å². The molecule has 0 unspecified atom stereocenters. The second-order valence-electron chi connectivity index (χ2n) is 8.61. The number of benzene rings is 2. The molecule has 4 nitrogen and oxygen atoms in total. The summed E-state index contributed by atoms with van der Waals surface area (Å²) in [6, 6.07) is 20.8. The molecule has 0 N–H and O–H groups in total. The first kappa shape index (κ1) is 22.8. The van der Waals surface area contributed by atoms with Gasteiger partial charge in [-0.05, 0) is 66.0 Å². The third-order valence-electron chi connectivity index (χ3n) is 6.60. The van der Waals surface area contributed by atoms with E-state index in [4.69, 9.17) is 0 Å². The zero-order valence-electron chi connectivity index (χ0n) is 19.1. The molecule has 0 aliphatic carbocycles. The maximum absolute atomic E-state index is 12.9.